The second-order valence-corrected chi connectivity index (χ2v) is 7.15. The van der Waals surface area contributed by atoms with E-state index in [0.29, 0.717) is 23.4 Å². The molecule has 148 valence electrons. The maximum absolute atomic E-state index is 13.0. The molecule has 0 amide bonds. The van der Waals surface area contributed by atoms with Crippen LogP contribution in [0.3, 0.4) is 0 Å². The molecule has 0 bridgehead atoms. The number of rotatable bonds is 4. The molecule has 2 aromatic carbocycles. The van der Waals surface area contributed by atoms with E-state index in [4.69, 9.17) is 9.47 Å². The first kappa shape index (κ1) is 19.0. The van der Waals surface area contributed by atoms with Gasteiger partial charge >= 0.3 is 11.9 Å². The molecule has 0 spiro atoms. The minimum absolute atomic E-state index is 0.269. The summed E-state index contributed by atoms with van der Waals surface area (Å²) in [6, 6.07) is 17.3. The van der Waals surface area contributed by atoms with Crippen molar-refractivity contribution in [2.24, 2.45) is 0 Å². The van der Waals surface area contributed by atoms with Crippen molar-refractivity contribution >= 4 is 11.9 Å². The van der Waals surface area contributed by atoms with Crippen LogP contribution in [-0.4, -0.2) is 23.4 Å². The first-order valence-corrected chi connectivity index (χ1v) is 9.74. The number of fused-ring (bicyclic) bond motifs is 3. The lowest BCUT2D eigenvalue weighted by Gasteiger charge is -2.40. The average molecular weight is 389 g/mol. The van der Waals surface area contributed by atoms with Crippen LogP contribution in [0.25, 0.3) is 0 Å². The van der Waals surface area contributed by atoms with Gasteiger partial charge in [0.15, 0.2) is 0 Å². The van der Waals surface area contributed by atoms with Crippen LogP contribution in [-0.2, 0) is 20.9 Å². The highest BCUT2D eigenvalue weighted by atomic mass is 16.5. The summed E-state index contributed by atoms with van der Waals surface area (Å²) in [7, 11) is 0. The zero-order valence-corrected chi connectivity index (χ0v) is 16.8. The van der Waals surface area contributed by atoms with E-state index < -0.39 is 17.9 Å². The summed E-state index contributed by atoms with van der Waals surface area (Å²) < 4.78 is 11.0. The van der Waals surface area contributed by atoms with E-state index in [-0.39, 0.29) is 6.61 Å². The molecule has 5 heteroatoms. The lowest BCUT2D eigenvalue weighted by Crippen LogP contribution is -2.38. The minimum atomic E-state index is -0.487. The zero-order chi connectivity index (χ0) is 20.5. The second-order valence-electron chi connectivity index (χ2n) is 7.15. The highest BCUT2D eigenvalue weighted by Crippen LogP contribution is 2.48. The Morgan fingerprint density at radius 3 is 2.45 bits per heavy atom. The van der Waals surface area contributed by atoms with Gasteiger partial charge in [-0.05, 0) is 32.4 Å². The summed E-state index contributed by atoms with van der Waals surface area (Å²) in [4.78, 5) is 28.0. The third-order valence-corrected chi connectivity index (χ3v) is 5.50. The zero-order valence-electron chi connectivity index (χ0n) is 16.8. The van der Waals surface area contributed by atoms with Crippen LogP contribution in [0, 0.1) is 0 Å². The number of hydrogen-bond acceptors (Lipinski definition) is 5. The summed E-state index contributed by atoms with van der Waals surface area (Å²) >= 11 is 0. The predicted molar refractivity (Wildman–Crippen MR) is 109 cm³/mol. The van der Waals surface area contributed by atoms with E-state index in [1.807, 2.05) is 67.3 Å². The highest BCUT2D eigenvalue weighted by Gasteiger charge is 2.44. The lowest BCUT2D eigenvalue weighted by atomic mass is 9.78. The molecule has 0 aliphatic carbocycles. The lowest BCUT2D eigenvalue weighted by molar-refractivity contribution is -0.139. The number of esters is 2. The second kappa shape index (κ2) is 7.59. The Hall–Kier alpha value is -3.34. The normalized spacial score (nSPS) is 18.2. The predicted octanol–water partition coefficient (Wildman–Crippen LogP) is 4.32. The molecule has 0 aromatic heterocycles. The van der Waals surface area contributed by atoms with Crippen LogP contribution in [0.4, 0.5) is 0 Å². The van der Waals surface area contributed by atoms with Crippen molar-refractivity contribution in [2.75, 3.05) is 6.61 Å². The van der Waals surface area contributed by atoms with E-state index in [9.17, 15) is 9.59 Å². The van der Waals surface area contributed by atoms with Gasteiger partial charge in [-0.25, -0.2) is 9.59 Å². The Kier molecular flexibility index (Phi) is 4.97. The van der Waals surface area contributed by atoms with Gasteiger partial charge in [0.25, 0.3) is 0 Å². The van der Waals surface area contributed by atoms with Crippen LogP contribution in [0.2, 0.25) is 0 Å². The first-order chi connectivity index (χ1) is 14.0. The van der Waals surface area contributed by atoms with Crippen molar-refractivity contribution in [3.8, 4) is 5.75 Å². The van der Waals surface area contributed by atoms with Gasteiger partial charge in [-0.15, -0.1) is 0 Å². The molecule has 2 aliphatic heterocycles. The molecule has 2 aliphatic rings. The molecular weight excluding hydrogens is 366 g/mol. The van der Waals surface area contributed by atoms with E-state index in [1.165, 1.54) is 0 Å². The molecule has 5 nitrogen and oxygen atoms in total. The maximum atomic E-state index is 13.0. The van der Waals surface area contributed by atoms with Crippen LogP contribution in [0.1, 0.15) is 37.8 Å². The van der Waals surface area contributed by atoms with E-state index in [2.05, 4.69) is 0 Å². The number of allylic oxidation sites excluding steroid dienone is 2. The van der Waals surface area contributed by atoms with Crippen molar-refractivity contribution in [2.45, 2.75) is 33.2 Å². The van der Waals surface area contributed by atoms with Gasteiger partial charge in [0.2, 0.25) is 0 Å². The molecule has 1 atom stereocenters. The fourth-order valence-corrected chi connectivity index (χ4v) is 4.13. The summed E-state index contributed by atoms with van der Waals surface area (Å²) in [6.45, 7) is 6.42. The van der Waals surface area contributed by atoms with Gasteiger partial charge in [-0.2, -0.15) is 0 Å². The third kappa shape index (κ3) is 3.23. The van der Waals surface area contributed by atoms with Crippen LogP contribution in [0.5, 0.6) is 5.75 Å². The Morgan fingerprint density at radius 1 is 1.03 bits per heavy atom. The van der Waals surface area contributed by atoms with Crippen LogP contribution >= 0.6 is 0 Å². The van der Waals surface area contributed by atoms with Gasteiger partial charge in [0, 0.05) is 23.5 Å². The van der Waals surface area contributed by atoms with Crippen LogP contribution in [0.15, 0.2) is 77.1 Å². The van der Waals surface area contributed by atoms with E-state index in [1.54, 1.807) is 13.0 Å². The van der Waals surface area contributed by atoms with Crippen molar-refractivity contribution in [3.63, 3.8) is 0 Å². The molecule has 0 N–H and O–H groups in total. The standard InChI is InChI=1S/C24H23NO4/c1-4-28-23(26)20-15(2)25(14-17-10-6-5-7-11-17)16(3)21-22(20)18-12-8-9-13-19(18)29-24(21)27/h5-13,22H,4,14H2,1-3H3/t22-/m0/s1. The van der Waals surface area contributed by atoms with E-state index in [0.717, 1.165) is 22.5 Å². The van der Waals surface area contributed by atoms with Gasteiger partial charge in [0.05, 0.1) is 23.7 Å². The summed E-state index contributed by atoms with van der Waals surface area (Å²) in [5, 5.41) is 0. The minimum Gasteiger partial charge on any atom is -0.463 e. The molecule has 29 heavy (non-hydrogen) atoms. The Bertz CT molecular complexity index is 1040. The summed E-state index contributed by atoms with van der Waals surface area (Å²) in [5.41, 5.74) is 4.47. The molecule has 2 heterocycles. The topological polar surface area (TPSA) is 55.8 Å². The van der Waals surface area contributed by atoms with Crippen LogP contribution < -0.4 is 4.74 Å². The fraction of sp³-hybridized carbons (Fsp3) is 0.250. The number of nitrogens with zero attached hydrogens (tertiary/aromatic N) is 1. The molecule has 0 radical (unpaired) electrons. The molecule has 0 saturated carbocycles. The average Bonchev–Trinajstić information content (AvgIpc) is 2.72. The van der Waals surface area contributed by atoms with Crippen molar-refractivity contribution < 1.29 is 19.1 Å². The van der Waals surface area contributed by atoms with E-state index >= 15 is 0 Å². The number of ether oxygens (including phenoxy) is 2. The number of carbonyl (C=O) groups is 2. The number of benzene rings is 2. The highest BCUT2D eigenvalue weighted by molar-refractivity contribution is 6.02. The molecule has 0 saturated heterocycles. The number of para-hydroxylation sites is 1. The first-order valence-electron chi connectivity index (χ1n) is 9.74. The quantitative estimate of drug-likeness (QED) is 0.576. The molecule has 2 aromatic rings. The van der Waals surface area contributed by atoms with Crippen molar-refractivity contribution in [3.05, 3.63) is 88.3 Å². The van der Waals surface area contributed by atoms with Gasteiger partial charge in [-0.1, -0.05) is 48.5 Å². The van der Waals surface area contributed by atoms with Gasteiger partial charge in [0.1, 0.15) is 5.75 Å². The van der Waals surface area contributed by atoms with Gasteiger partial charge < -0.3 is 14.4 Å². The number of hydrogen-bond donors (Lipinski definition) is 0. The Morgan fingerprint density at radius 2 is 1.72 bits per heavy atom. The van der Waals surface area contributed by atoms with Gasteiger partial charge in [-0.3, -0.25) is 0 Å². The summed E-state index contributed by atoms with van der Waals surface area (Å²) in [5.74, 6) is -0.815. The largest absolute Gasteiger partial charge is 0.463 e. The molecule has 0 unspecified atom stereocenters. The smallest absolute Gasteiger partial charge is 0.342 e. The van der Waals surface area contributed by atoms with Crippen molar-refractivity contribution in [1.82, 2.24) is 4.90 Å². The maximum Gasteiger partial charge on any atom is 0.342 e. The molecule has 0 fully saturated rings. The molecular formula is C24H23NO4. The SMILES string of the molecule is CCOC(=O)C1=C(C)N(Cc2ccccc2)C(C)=C2C(=O)Oc3ccccc3[C@@H]12. The Balaban J connectivity index is 1.89. The fourth-order valence-electron chi connectivity index (χ4n) is 4.13. The monoisotopic (exact) mass is 389 g/mol. The third-order valence-electron chi connectivity index (χ3n) is 5.50. The Labute approximate surface area is 170 Å². The number of carbonyl (C=O) groups excluding carboxylic acids is 2. The molecule has 4 rings (SSSR count). The van der Waals surface area contributed by atoms with Crippen molar-refractivity contribution in [1.29, 1.82) is 0 Å². The summed E-state index contributed by atoms with van der Waals surface area (Å²) in [6.07, 6.45) is 0.